The molecule has 3 aromatic rings. The van der Waals surface area contributed by atoms with Gasteiger partial charge in [0.2, 0.25) is 5.91 Å². The molecule has 13 heteroatoms. The maximum absolute atomic E-state index is 13.4. The number of amidine groups is 1. The van der Waals surface area contributed by atoms with Crippen LogP contribution >= 0.6 is 0 Å². The lowest BCUT2D eigenvalue weighted by atomic mass is 9.89. The van der Waals surface area contributed by atoms with Crippen LogP contribution in [0.1, 0.15) is 91.1 Å². The van der Waals surface area contributed by atoms with Crippen molar-refractivity contribution in [2.24, 2.45) is 22.4 Å². The van der Waals surface area contributed by atoms with E-state index < -0.39 is 23.7 Å². The number of nitrogens with zero attached hydrogens (tertiary/aromatic N) is 5. The Bertz CT molecular complexity index is 1750. The summed E-state index contributed by atoms with van der Waals surface area (Å²) in [7, 11) is 0. The summed E-state index contributed by atoms with van der Waals surface area (Å²) in [6.07, 6.45) is 0.271. The summed E-state index contributed by atoms with van der Waals surface area (Å²) in [6, 6.07) is 8.34. The Morgan fingerprint density at radius 3 is 2.31 bits per heavy atom. The number of hydrogen-bond donors (Lipinski definition) is 2. The van der Waals surface area contributed by atoms with Gasteiger partial charge in [0.25, 0.3) is 5.91 Å². The molecule has 2 aliphatic carbocycles. The number of nitrogens with two attached hydrogens (primary N) is 2. The quantitative estimate of drug-likeness (QED) is 0.219. The molecule has 0 bridgehead atoms. The van der Waals surface area contributed by atoms with E-state index in [9.17, 15) is 22.8 Å². The molecule has 1 saturated heterocycles. The van der Waals surface area contributed by atoms with Gasteiger partial charge in [0.05, 0.1) is 24.8 Å². The minimum Gasteiger partial charge on any atom is -0.383 e. The Hall–Kier alpha value is -4.39. The first-order chi connectivity index (χ1) is 22.8. The predicted octanol–water partition coefficient (Wildman–Crippen LogP) is 5.30. The van der Waals surface area contributed by atoms with Crippen molar-refractivity contribution in [2.75, 3.05) is 11.4 Å². The van der Waals surface area contributed by atoms with Crippen LogP contribution in [-0.4, -0.2) is 51.3 Å². The van der Waals surface area contributed by atoms with Crippen molar-refractivity contribution in [1.82, 2.24) is 15.0 Å². The monoisotopic (exact) mass is 663 g/mol. The van der Waals surface area contributed by atoms with Crippen LogP contribution in [-0.2, 0) is 33.5 Å². The molecule has 2 aromatic heterocycles. The van der Waals surface area contributed by atoms with Crippen LogP contribution in [0.4, 0.5) is 18.9 Å². The van der Waals surface area contributed by atoms with E-state index in [2.05, 4.69) is 43.9 Å². The van der Waals surface area contributed by atoms with Gasteiger partial charge in [-0.05, 0) is 83.1 Å². The number of piperidine rings is 1. The van der Waals surface area contributed by atoms with E-state index in [0.29, 0.717) is 37.4 Å². The lowest BCUT2D eigenvalue weighted by molar-refractivity contribution is -0.141. The number of aryl methyl sites for hydroxylation is 2. The molecule has 3 aliphatic rings. The maximum atomic E-state index is 13.4. The number of pyridine rings is 1. The summed E-state index contributed by atoms with van der Waals surface area (Å²) >= 11 is 0. The topological polar surface area (TPSA) is 150 Å². The summed E-state index contributed by atoms with van der Waals surface area (Å²) < 4.78 is 46.1. The number of rotatable bonds is 10. The Morgan fingerprint density at radius 1 is 1.00 bits per heavy atom. The Labute approximate surface area is 277 Å². The van der Waals surface area contributed by atoms with Gasteiger partial charge >= 0.3 is 6.18 Å². The van der Waals surface area contributed by atoms with Crippen molar-refractivity contribution in [3.8, 4) is 11.1 Å². The largest absolute Gasteiger partial charge is 0.433 e. The number of hydrogen-bond acceptors (Lipinski definition) is 7. The maximum Gasteiger partial charge on any atom is 0.433 e. The van der Waals surface area contributed by atoms with Gasteiger partial charge < -0.3 is 21.1 Å². The van der Waals surface area contributed by atoms with E-state index in [0.717, 1.165) is 65.5 Å². The molecule has 2 amide bonds. The Morgan fingerprint density at radius 2 is 1.71 bits per heavy atom. The predicted molar refractivity (Wildman–Crippen MR) is 174 cm³/mol. The van der Waals surface area contributed by atoms with Gasteiger partial charge in [0, 0.05) is 58.2 Å². The van der Waals surface area contributed by atoms with Crippen LogP contribution in [0.5, 0.6) is 0 Å². The Kier molecular flexibility index (Phi) is 9.25. The molecular weight excluding hydrogens is 623 g/mol. The zero-order chi connectivity index (χ0) is 34.3. The third-order valence-corrected chi connectivity index (χ3v) is 9.24. The third-order valence-electron chi connectivity index (χ3n) is 9.24. The Balaban J connectivity index is 1.23. The molecule has 6 rings (SSSR count). The van der Waals surface area contributed by atoms with Crippen LogP contribution in [0.25, 0.3) is 11.1 Å². The second kappa shape index (κ2) is 13.3. The van der Waals surface area contributed by atoms with Crippen LogP contribution in [0.15, 0.2) is 35.3 Å². The standard InChI is InChI=1S/C35H40F3N7O3/c1-18-14-23(34(47)44-33(40)26-10-11-28(35(36,37)38)43-32(26)21-4-5-21)12-13-45(18)27-15-22(6-7-24(27)17-48-25-8-9-25)31-19(2)41-30(16-29(39)46)42-20(31)3/h6-7,10-11,15,18,21,23,25H,4-5,8-9,12-14,16-17H2,1-3H3,(H2,39,46)(H2,40,44,47). The van der Waals surface area contributed by atoms with Crippen LogP contribution in [0.3, 0.4) is 0 Å². The number of aromatic nitrogens is 3. The van der Waals surface area contributed by atoms with Crippen molar-refractivity contribution in [3.05, 3.63) is 70.1 Å². The highest BCUT2D eigenvalue weighted by Gasteiger charge is 2.37. The minimum atomic E-state index is -4.57. The highest BCUT2D eigenvalue weighted by atomic mass is 19.4. The smallest absolute Gasteiger partial charge is 0.383 e. The molecule has 4 N–H and O–H groups in total. The van der Waals surface area contributed by atoms with E-state index >= 15 is 0 Å². The average Bonchev–Trinajstić information content (AvgIpc) is 3.94. The summed E-state index contributed by atoms with van der Waals surface area (Å²) in [5.74, 6) is -1.10. The molecule has 2 atom stereocenters. The van der Waals surface area contributed by atoms with Gasteiger partial charge in [-0.15, -0.1) is 0 Å². The highest BCUT2D eigenvalue weighted by molar-refractivity contribution is 6.05. The normalized spacial score (nSPS) is 20.2. The van der Waals surface area contributed by atoms with Crippen molar-refractivity contribution in [3.63, 3.8) is 0 Å². The van der Waals surface area contributed by atoms with Crippen molar-refractivity contribution < 1.29 is 27.5 Å². The first kappa shape index (κ1) is 33.5. The number of primary amides is 1. The van der Waals surface area contributed by atoms with Crippen LogP contribution < -0.4 is 16.4 Å². The first-order valence-corrected chi connectivity index (χ1v) is 16.4. The number of ether oxygens (including phenoxy) is 1. The van der Waals surface area contributed by atoms with Gasteiger partial charge in [-0.3, -0.25) is 9.59 Å². The average molecular weight is 664 g/mol. The van der Waals surface area contributed by atoms with Gasteiger partial charge in [-0.1, -0.05) is 12.1 Å². The van der Waals surface area contributed by atoms with E-state index in [-0.39, 0.29) is 41.9 Å². The van der Waals surface area contributed by atoms with Gasteiger partial charge in [0.1, 0.15) is 17.4 Å². The van der Waals surface area contributed by atoms with Crippen molar-refractivity contribution >= 4 is 23.3 Å². The molecule has 0 spiro atoms. The fraction of sp³-hybridized carbons (Fsp3) is 0.486. The number of amides is 2. The van der Waals surface area contributed by atoms with Crippen LogP contribution in [0.2, 0.25) is 0 Å². The van der Waals surface area contributed by atoms with E-state index in [1.54, 1.807) is 0 Å². The molecular formula is C35H40F3N7O3. The molecule has 10 nitrogen and oxygen atoms in total. The molecule has 2 saturated carbocycles. The van der Waals surface area contributed by atoms with E-state index in [1.165, 1.54) is 6.07 Å². The molecule has 254 valence electrons. The number of aliphatic imine (C=N–C) groups is 1. The second-order valence-corrected chi connectivity index (χ2v) is 13.2. The summed E-state index contributed by atoms with van der Waals surface area (Å²) in [6.45, 7) is 6.88. The van der Waals surface area contributed by atoms with Gasteiger partial charge in [-0.25, -0.2) is 15.0 Å². The lowest BCUT2D eigenvalue weighted by Gasteiger charge is -2.39. The summed E-state index contributed by atoms with van der Waals surface area (Å²) in [5.41, 5.74) is 16.5. The van der Waals surface area contributed by atoms with Gasteiger partial charge in [-0.2, -0.15) is 18.2 Å². The molecule has 48 heavy (non-hydrogen) atoms. The number of carbonyl (C=O) groups is 2. The molecule has 1 aromatic carbocycles. The number of carbonyl (C=O) groups excluding carboxylic acids is 2. The zero-order valence-electron chi connectivity index (χ0n) is 27.3. The van der Waals surface area contributed by atoms with E-state index in [1.807, 2.05) is 19.9 Å². The second-order valence-electron chi connectivity index (χ2n) is 13.2. The zero-order valence-corrected chi connectivity index (χ0v) is 27.3. The number of halogens is 3. The number of benzene rings is 1. The number of anilines is 1. The number of alkyl halides is 3. The minimum absolute atomic E-state index is 0.0333. The van der Waals surface area contributed by atoms with E-state index in [4.69, 9.17) is 16.2 Å². The molecule has 3 fully saturated rings. The summed E-state index contributed by atoms with van der Waals surface area (Å²) in [5, 5.41) is 0. The van der Waals surface area contributed by atoms with Gasteiger partial charge in [0.15, 0.2) is 0 Å². The molecule has 0 radical (unpaired) electrons. The molecule has 2 unspecified atom stereocenters. The summed E-state index contributed by atoms with van der Waals surface area (Å²) in [4.78, 5) is 44.3. The third kappa shape index (κ3) is 7.51. The van der Waals surface area contributed by atoms with Crippen molar-refractivity contribution in [1.29, 1.82) is 0 Å². The highest BCUT2D eigenvalue weighted by Crippen LogP contribution is 2.42. The SMILES string of the molecule is Cc1nc(CC(N)=O)nc(C)c1-c1ccc(COC2CC2)c(N2CCC(C(=O)N=C(N)c3ccc(C(F)(F)F)nc3C3CC3)CC2C)c1. The molecule has 1 aliphatic heterocycles. The van der Waals surface area contributed by atoms with Crippen LogP contribution in [0, 0.1) is 19.8 Å². The first-order valence-electron chi connectivity index (χ1n) is 16.4. The van der Waals surface area contributed by atoms with Crippen molar-refractivity contribution in [2.45, 2.75) is 96.6 Å². The molecule has 3 heterocycles. The lowest BCUT2D eigenvalue weighted by Crippen LogP contribution is -2.43. The fourth-order valence-corrected chi connectivity index (χ4v) is 6.53. The fourth-order valence-electron chi connectivity index (χ4n) is 6.53.